The van der Waals surface area contributed by atoms with Crippen molar-refractivity contribution in [3.05, 3.63) is 34.1 Å². The zero-order valence-corrected chi connectivity index (χ0v) is 12.4. The van der Waals surface area contributed by atoms with Crippen LogP contribution < -0.4 is 5.32 Å². The Morgan fingerprint density at radius 3 is 2.75 bits per heavy atom. The molecule has 1 aromatic carbocycles. The fourth-order valence-electron chi connectivity index (χ4n) is 1.41. The van der Waals surface area contributed by atoms with E-state index in [1.165, 1.54) is 6.07 Å². The average Bonchev–Trinajstić information content (AvgIpc) is 2.22. The fourth-order valence-corrected chi connectivity index (χ4v) is 2.15. The molecular weight excluding hydrogens is 337 g/mol. The molecule has 4 heteroatoms. The van der Waals surface area contributed by atoms with Gasteiger partial charge in [0.1, 0.15) is 5.82 Å². The summed E-state index contributed by atoms with van der Waals surface area (Å²) in [5, 5.41) is 3.30. The third kappa shape index (κ3) is 5.41. The van der Waals surface area contributed by atoms with Crippen LogP contribution in [0, 0.1) is 5.82 Å². The van der Waals surface area contributed by atoms with Crippen LogP contribution in [0.2, 0.25) is 0 Å². The minimum Gasteiger partial charge on any atom is -0.313 e. The molecule has 90 valence electrons. The highest BCUT2D eigenvalue weighted by atomic mass is 79.9. The molecule has 1 aromatic rings. The molecule has 0 aliphatic carbocycles. The molecule has 0 saturated heterocycles. The normalized spacial score (nSPS) is 12.8. The second kappa shape index (κ2) is 7.41. The van der Waals surface area contributed by atoms with Crippen molar-refractivity contribution in [1.82, 2.24) is 5.32 Å². The van der Waals surface area contributed by atoms with E-state index in [0.717, 1.165) is 29.4 Å². The van der Waals surface area contributed by atoms with Gasteiger partial charge in [-0.25, -0.2) is 4.39 Å². The summed E-state index contributed by atoms with van der Waals surface area (Å²) in [5.41, 5.74) is 0.967. The van der Waals surface area contributed by atoms with E-state index < -0.39 is 0 Å². The van der Waals surface area contributed by atoms with Crippen molar-refractivity contribution in [2.45, 2.75) is 31.1 Å². The highest BCUT2D eigenvalue weighted by Crippen LogP contribution is 2.14. The lowest BCUT2D eigenvalue weighted by atomic mass is 10.2. The Morgan fingerprint density at radius 2 is 2.12 bits per heavy atom. The van der Waals surface area contributed by atoms with Gasteiger partial charge in [0, 0.05) is 15.8 Å². The summed E-state index contributed by atoms with van der Waals surface area (Å²) in [6, 6.07) is 4.96. The predicted molar refractivity (Wildman–Crippen MR) is 73.4 cm³/mol. The maximum absolute atomic E-state index is 13.1. The topological polar surface area (TPSA) is 12.0 Å². The molecular formula is C12H16Br2FN. The van der Waals surface area contributed by atoms with Crippen LogP contribution in [0.3, 0.4) is 0 Å². The third-order valence-corrected chi connectivity index (χ3v) is 3.89. The van der Waals surface area contributed by atoms with Gasteiger partial charge in [-0.05, 0) is 43.1 Å². The van der Waals surface area contributed by atoms with Gasteiger partial charge in [-0.1, -0.05) is 38.8 Å². The van der Waals surface area contributed by atoms with E-state index in [4.69, 9.17) is 0 Å². The van der Waals surface area contributed by atoms with Gasteiger partial charge in [-0.15, -0.1) is 0 Å². The lowest BCUT2D eigenvalue weighted by Gasteiger charge is -2.08. The van der Waals surface area contributed by atoms with Crippen LogP contribution in [0.25, 0.3) is 0 Å². The van der Waals surface area contributed by atoms with Gasteiger partial charge in [0.05, 0.1) is 0 Å². The molecule has 16 heavy (non-hydrogen) atoms. The van der Waals surface area contributed by atoms with E-state index in [1.54, 1.807) is 6.07 Å². The van der Waals surface area contributed by atoms with E-state index in [2.05, 4.69) is 44.1 Å². The third-order valence-electron chi connectivity index (χ3n) is 2.33. The minimum absolute atomic E-state index is 0.196. The van der Waals surface area contributed by atoms with Crippen molar-refractivity contribution < 1.29 is 4.39 Å². The van der Waals surface area contributed by atoms with Crippen LogP contribution in [-0.4, -0.2) is 11.4 Å². The van der Waals surface area contributed by atoms with Crippen LogP contribution in [0.5, 0.6) is 0 Å². The van der Waals surface area contributed by atoms with Gasteiger partial charge in [0.15, 0.2) is 0 Å². The zero-order valence-electron chi connectivity index (χ0n) is 9.27. The van der Waals surface area contributed by atoms with Gasteiger partial charge < -0.3 is 5.32 Å². The molecule has 0 fully saturated rings. The summed E-state index contributed by atoms with van der Waals surface area (Å²) < 4.78 is 13.8. The minimum atomic E-state index is -0.196. The van der Waals surface area contributed by atoms with Crippen molar-refractivity contribution in [3.8, 4) is 0 Å². The number of alkyl halides is 1. The number of nitrogens with one attached hydrogen (secondary N) is 1. The number of hydrogen-bond donors (Lipinski definition) is 1. The van der Waals surface area contributed by atoms with Crippen LogP contribution in [0.1, 0.15) is 25.3 Å². The first-order valence-corrected chi connectivity index (χ1v) is 7.12. The standard InChI is InChI=1S/C12H16Br2FN/c1-2-10(13)3-4-16-8-9-5-11(14)7-12(15)6-9/h5-7,10,16H,2-4,8H2,1H3. The average molecular weight is 353 g/mol. The van der Waals surface area contributed by atoms with Crippen LogP contribution in [0.15, 0.2) is 22.7 Å². The summed E-state index contributed by atoms with van der Waals surface area (Å²) in [4.78, 5) is 0.569. The Hall–Kier alpha value is 0.0700. The number of rotatable bonds is 6. The molecule has 0 aliphatic rings. The summed E-state index contributed by atoms with van der Waals surface area (Å²) >= 11 is 6.86. The SMILES string of the molecule is CCC(Br)CCNCc1cc(F)cc(Br)c1. The molecule has 1 N–H and O–H groups in total. The summed E-state index contributed by atoms with van der Waals surface area (Å²) in [5.74, 6) is -0.196. The maximum Gasteiger partial charge on any atom is 0.124 e. The Morgan fingerprint density at radius 1 is 1.38 bits per heavy atom. The monoisotopic (exact) mass is 351 g/mol. The molecule has 0 aromatic heterocycles. The highest BCUT2D eigenvalue weighted by molar-refractivity contribution is 9.10. The lowest BCUT2D eigenvalue weighted by Crippen LogP contribution is -2.17. The molecule has 0 saturated carbocycles. The molecule has 0 aliphatic heterocycles. The Balaban J connectivity index is 2.32. The van der Waals surface area contributed by atoms with E-state index in [9.17, 15) is 4.39 Å². The van der Waals surface area contributed by atoms with Gasteiger partial charge in [0.25, 0.3) is 0 Å². The van der Waals surface area contributed by atoms with Crippen LogP contribution in [0.4, 0.5) is 4.39 Å². The van der Waals surface area contributed by atoms with Gasteiger partial charge in [0.2, 0.25) is 0 Å². The summed E-state index contributed by atoms with van der Waals surface area (Å²) in [6.45, 7) is 3.81. The molecule has 1 unspecified atom stereocenters. The van der Waals surface area contributed by atoms with Crippen LogP contribution in [-0.2, 0) is 6.54 Å². The van der Waals surface area contributed by atoms with Gasteiger partial charge >= 0.3 is 0 Å². The second-order valence-corrected chi connectivity index (χ2v) is 5.96. The molecule has 0 amide bonds. The largest absolute Gasteiger partial charge is 0.313 e. The van der Waals surface area contributed by atoms with E-state index in [1.807, 2.05) is 6.07 Å². The van der Waals surface area contributed by atoms with Crippen LogP contribution >= 0.6 is 31.9 Å². The molecule has 1 rings (SSSR count). The van der Waals surface area contributed by atoms with Crippen molar-refractivity contribution in [2.24, 2.45) is 0 Å². The first kappa shape index (κ1) is 14.1. The maximum atomic E-state index is 13.1. The van der Waals surface area contributed by atoms with E-state index in [-0.39, 0.29) is 5.82 Å². The first-order valence-electron chi connectivity index (χ1n) is 5.41. The lowest BCUT2D eigenvalue weighted by molar-refractivity contribution is 0.610. The number of halogens is 3. The van der Waals surface area contributed by atoms with Crippen molar-refractivity contribution in [2.75, 3.05) is 6.54 Å². The molecule has 1 nitrogen and oxygen atoms in total. The van der Waals surface area contributed by atoms with Crippen molar-refractivity contribution in [3.63, 3.8) is 0 Å². The molecule has 0 heterocycles. The number of benzene rings is 1. The smallest absolute Gasteiger partial charge is 0.124 e. The van der Waals surface area contributed by atoms with Gasteiger partial charge in [-0.3, -0.25) is 0 Å². The molecule has 0 spiro atoms. The predicted octanol–water partition coefficient (Wildman–Crippen LogP) is 4.24. The Labute approximate surface area is 113 Å². The Bertz CT molecular complexity index is 311. The summed E-state index contributed by atoms with van der Waals surface area (Å²) in [7, 11) is 0. The fraction of sp³-hybridized carbons (Fsp3) is 0.500. The number of hydrogen-bond acceptors (Lipinski definition) is 1. The van der Waals surface area contributed by atoms with Gasteiger partial charge in [-0.2, -0.15) is 0 Å². The first-order chi connectivity index (χ1) is 7.61. The molecule has 0 radical (unpaired) electrons. The van der Waals surface area contributed by atoms with Crippen molar-refractivity contribution >= 4 is 31.9 Å². The quantitative estimate of drug-likeness (QED) is 0.596. The van der Waals surface area contributed by atoms with Crippen molar-refractivity contribution in [1.29, 1.82) is 0 Å². The zero-order chi connectivity index (χ0) is 12.0. The highest BCUT2D eigenvalue weighted by Gasteiger charge is 2.01. The molecule has 0 bridgehead atoms. The van der Waals surface area contributed by atoms with E-state index in [0.29, 0.717) is 11.4 Å². The second-order valence-electron chi connectivity index (χ2n) is 3.75. The Kier molecular flexibility index (Phi) is 6.54. The van der Waals surface area contributed by atoms with E-state index >= 15 is 0 Å². The summed E-state index contributed by atoms with van der Waals surface area (Å²) in [6.07, 6.45) is 2.22. The molecule has 1 atom stereocenters.